The Morgan fingerprint density at radius 2 is 1.92 bits per heavy atom. The first-order valence-electron chi connectivity index (χ1n) is 3.88. The van der Waals surface area contributed by atoms with Crippen molar-refractivity contribution < 1.29 is 0 Å². The van der Waals surface area contributed by atoms with Crippen molar-refractivity contribution in [3.05, 3.63) is 30.3 Å². The van der Waals surface area contributed by atoms with E-state index in [9.17, 15) is 0 Å². The van der Waals surface area contributed by atoms with E-state index in [4.69, 9.17) is 5.73 Å². The molecule has 0 unspecified atom stereocenters. The van der Waals surface area contributed by atoms with Crippen LogP contribution in [0.2, 0.25) is 0 Å². The summed E-state index contributed by atoms with van der Waals surface area (Å²) in [6, 6.07) is 9.96. The average molecular weight is 160 g/mol. The Morgan fingerprint density at radius 1 is 1.17 bits per heavy atom. The fraction of sp³-hybridized carbons (Fsp3) is 0.200. The van der Waals surface area contributed by atoms with Crippen LogP contribution in [0.25, 0.3) is 0 Å². The van der Waals surface area contributed by atoms with Crippen molar-refractivity contribution in [2.24, 2.45) is 5.73 Å². The van der Waals surface area contributed by atoms with Crippen molar-refractivity contribution in [1.29, 1.82) is 0 Å². The molecule has 12 heavy (non-hydrogen) atoms. The van der Waals surface area contributed by atoms with E-state index in [1.807, 2.05) is 30.3 Å². The quantitative estimate of drug-likeness (QED) is 0.635. The van der Waals surface area contributed by atoms with E-state index in [0.29, 0.717) is 13.1 Å². The summed E-state index contributed by atoms with van der Waals surface area (Å²) in [6.07, 6.45) is 0. The van der Waals surface area contributed by atoms with Gasteiger partial charge in [-0.15, -0.1) is 0 Å². The molecule has 3 N–H and O–H groups in total. The van der Waals surface area contributed by atoms with Gasteiger partial charge in [0.05, 0.1) is 13.1 Å². The molecule has 0 heterocycles. The monoisotopic (exact) mass is 160 g/mol. The summed E-state index contributed by atoms with van der Waals surface area (Å²) in [5.41, 5.74) is 6.29. The highest BCUT2D eigenvalue weighted by Gasteiger charge is 1.83. The van der Waals surface area contributed by atoms with Crippen LogP contribution >= 0.6 is 0 Å². The second kappa shape index (κ2) is 5.22. The summed E-state index contributed by atoms with van der Waals surface area (Å²) < 4.78 is 0. The summed E-state index contributed by atoms with van der Waals surface area (Å²) in [6.45, 7) is 1.08. The van der Waals surface area contributed by atoms with Gasteiger partial charge in [-0.3, -0.25) is 0 Å². The first kappa shape index (κ1) is 8.63. The second-order valence-electron chi connectivity index (χ2n) is 2.28. The second-order valence-corrected chi connectivity index (χ2v) is 2.28. The predicted octanol–water partition coefficient (Wildman–Crippen LogP) is 1.06. The van der Waals surface area contributed by atoms with Crippen LogP contribution < -0.4 is 11.1 Å². The number of hydrogen-bond donors (Lipinski definition) is 2. The van der Waals surface area contributed by atoms with Crippen molar-refractivity contribution in [2.75, 3.05) is 18.4 Å². The lowest BCUT2D eigenvalue weighted by Gasteiger charge is -1.99. The van der Waals surface area contributed by atoms with E-state index in [1.165, 1.54) is 0 Å². The molecule has 0 aliphatic heterocycles. The van der Waals surface area contributed by atoms with E-state index in [0.717, 1.165) is 5.69 Å². The minimum absolute atomic E-state index is 0.427. The Balaban J connectivity index is 2.34. The lowest BCUT2D eigenvalue weighted by molar-refractivity contribution is 1.29. The zero-order valence-corrected chi connectivity index (χ0v) is 6.88. The first-order valence-corrected chi connectivity index (χ1v) is 3.88. The molecular weight excluding hydrogens is 148 g/mol. The van der Waals surface area contributed by atoms with Crippen LogP contribution in [-0.2, 0) is 0 Å². The Bertz CT molecular complexity index is 269. The first-order chi connectivity index (χ1) is 5.93. The van der Waals surface area contributed by atoms with E-state index >= 15 is 0 Å². The lowest BCUT2D eigenvalue weighted by atomic mass is 10.3. The Hall–Kier alpha value is -1.46. The molecule has 0 fully saturated rings. The van der Waals surface area contributed by atoms with Crippen molar-refractivity contribution in [2.45, 2.75) is 0 Å². The van der Waals surface area contributed by atoms with Gasteiger partial charge in [0.25, 0.3) is 0 Å². The van der Waals surface area contributed by atoms with Gasteiger partial charge in [0.15, 0.2) is 0 Å². The van der Waals surface area contributed by atoms with E-state index in [2.05, 4.69) is 17.2 Å². The summed E-state index contributed by atoms with van der Waals surface area (Å²) in [5, 5.41) is 3.15. The Morgan fingerprint density at radius 3 is 2.58 bits per heavy atom. The highest BCUT2D eigenvalue weighted by Crippen LogP contribution is 2.02. The number of anilines is 1. The van der Waals surface area contributed by atoms with Crippen molar-refractivity contribution in [1.82, 2.24) is 0 Å². The van der Waals surface area contributed by atoms with Gasteiger partial charge in [-0.05, 0) is 12.1 Å². The molecule has 0 radical (unpaired) electrons. The van der Waals surface area contributed by atoms with Crippen molar-refractivity contribution in [3.63, 3.8) is 0 Å². The minimum Gasteiger partial charge on any atom is -0.374 e. The van der Waals surface area contributed by atoms with Crippen LogP contribution in [-0.4, -0.2) is 13.1 Å². The fourth-order valence-electron chi connectivity index (χ4n) is 0.837. The molecule has 0 bridgehead atoms. The third-order valence-electron chi connectivity index (χ3n) is 1.38. The third-order valence-corrected chi connectivity index (χ3v) is 1.38. The number of hydrogen-bond acceptors (Lipinski definition) is 2. The van der Waals surface area contributed by atoms with Gasteiger partial charge in [-0.25, -0.2) is 0 Å². The molecule has 0 aromatic heterocycles. The standard InChI is InChI=1S/C10H12N2/c11-8-4-5-9-12-10-6-2-1-3-7-10/h1-3,6-7,12H,8-9,11H2. The van der Waals surface area contributed by atoms with E-state index in [1.54, 1.807) is 0 Å². The highest BCUT2D eigenvalue weighted by molar-refractivity contribution is 5.43. The molecule has 1 aromatic carbocycles. The molecule has 1 rings (SSSR count). The molecular formula is C10H12N2. The summed E-state index contributed by atoms with van der Waals surface area (Å²) in [5.74, 6) is 5.68. The maximum absolute atomic E-state index is 5.21. The van der Waals surface area contributed by atoms with Crippen LogP contribution in [0.3, 0.4) is 0 Å². The Kier molecular flexibility index (Phi) is 3.76. The zero-order chi connectivity index (χ0) is 8.65. The van der Waals surface area contributed by atoms with Crippen molar-refractivity contribution in [3.8, 4) is 11.8 Å². The normalized spacial score (nSPS) is 8.42. The average Bonchev–Trinajstić information content (AvgIpc) is 2.14. The van der Waals surface area contributed by atoms with Gasteiger partial charge in [-0.1, -0.05) is 30.0 Å². The molecule has 0 saturated heterocycles. The van der Waals surface area contributed by atoms with Crippen LogP contribution in [0.4, 0.5) is 5.69 Å². The molecule has 2 heteroatoms. The number of rotatable bonds is 2. The van der Waals surface area contributed by atoms with Crippen LogP contribution in [0.15, 0.2) is 30.3 Å². The minimum atomic E-state index is 0.427. The van der Waals surface area contributed by atoms with Crippen LogP contribution in [0.5, 0.6) is 0 Å². The molecule has 62 valence electrons. The van der Waals surface area contributed by atoms with Crippen LogP contribution in [0, 0.1) is 11.8 Å². The SMILES string of the molecule is NCC#CCNc1ccccc1. The molecule has 0 atom stereocenters. The lowest BCUT2D eigenvalue weighted by Crippen LogP contribution is -1.99. The topological polar surface area (TPSA) is 38.0 Å². The maximum Gasteiger partial charge on any atom is 0.0766 e. The van der Waals surface area contributed by atoms with Crippen molar-refractivity contribution >= 4 is 5.69 Å². The van der Waals surface area contributed by atoms with Gasteiger partial charge >= 0.3 is 0 Å². The van der Waals surface area contributed by atoms with Gasteiger partial charge in [0.1, 0.15) is 0 Å². The molecule has 0 amide bonds. The molecule has 0 aliphatic rings. The summed E-state index contributed by atoms with van der Waals surface area (Å²) >= 11 is 0. The molecule has 0 aliphatic carbocycles. The van der Waals surface area contributed by atoms with E-state index in [-0.39, 0.29) is 0 Å². The van der Waals surface area contributed by atoms with Gasteiger partial charge < -0.3 is 11.1 Å². The summed E-state index contributed by atoms with van der Waals surface area (Å²) in [7, 11) is 0. The molecule has 0 saturated carbocycles. The van der Waals surface area contributed by atoms with E-state index < -0.39 is 0 Å². The number of nitrogens with two attached hydrogens (primary N) is 1. The molecule has 2 nitrogen and oxygen atoms in total. The number of para-hydroxylation sites is 1. The van der Waals surface area contributed by atoms with Crippen LogP contribution in [0.1, 0.15) is 0 Å². The fourth-order valence-corrected chi connectivity index (χ4v) is 0.837. The zero-order valence-electron chi connectivity index (χ0n) is 6.88. The molecule has 0 spiro atoms. The number of nitrogens with one attached hydrogen (secondary N) is 1. The number of benzene rings is 1. The van der Waals surface area contributed by atoms with Gasteiger partial charge in [0.2, 0.25) is 0 Å². The third kappa shape index (κ3) is 3.09. The summed E-state index contributed by atoms with van der Waals surface area (Å²) in [4.78, 5) is 0. The Labute approximate surface area is 72.8 Å². The smallest absolute Gasteiger partial charge is 0.0766 e. The maximum atomic E-state index is 5.21. The van der Waals surface area contributed by atoms with Gasteiger partial charge in [-0.2, -0.15) is 0 Å². The van der Waals surface area contributed by atoms with Gasteiger partial charge in [0, 0.05) is 5.69 Å². The molecule has 1 aromatic rings. The highest BCUT2D eigenvalue weighted by atomic mass is 14.8. The predicted molar refractivity (Wildman–Crippen MR) is 51.8 cm³/mol. The largest absolute Gasteiger partial charge is 0.374 e.